The van der Waals surface area contributed by atoms with Crippen LogP contribution in [0.1, 0.15) is 16.8 Å². The summed E-state index contributed by atoms with van der Waals surface area (Å²) in [6.45, 7) is 3.55. The maximum atomic E-state index is 12.6. The van der Waals surface area contributed by atoms with E-state index in [1.54, 1.807) is 13.8 Å². The molecule has 112 valence electrons. The highest BCUT2D eigenvalue weighted by Crippen LogP contribution is 2.30. The molecule has 1 heterocycles. The first-order chi connectivity index (χ1) is 9.77. The van der Waals surface area contributed by atoms with Crippen LogP contribution in [0.4, 0.5) is 29.5 Å². The van der Waals surface area contributed by atoms with Crippen LogP contribution < -0.4 is 10.6 Å². The lowest BCUT2D eigenvalue weighted by Gasteiger charge is -2.10. The highest BCUT2D eigenvalue weighted by molar-refractivity contribution is 5.99. The lowest BCUT2D eigenvalue weighted by Crippen LogP contribution is -2.20. The van der Waals surface area contributed by atoms with Crippen molar-refractivity contribution in [1.82, 2.24) is 10.2 Å². The van der Waals surface area contributed by atoms with E-state index >= 15 is 0 Å². The first-order valence-corrected chi connectivity index (χ1v) is 6.04. The molecule has 3 N–H and O–H groups in total. The predicted octanol–water partition coefficient (Wildman–Crippen LogP) is 3.69. The summed E-state index contributed by atoms with van der Waals surface area (Å²) >= 11 is 0. The molecule has 0 unspecified atom stereocenters. The Kier molecular flexibility index (Phi) is 3.88. The highest BCUT2D eigenvalue weighted by atomic mass is 19.4. The van der Waals surface area contributed by atoms with Crippen LogP contribution in [0.25, 0.3) is 0 Å². The number of carbonyl (C=O) groups is 1. The number of amides is 2. The molecule has 1 aromatic carbocycles. The Hall–Kier alpha value is -2.51. The van der Waals surface area contributed by atoms with E-state index in [-0.39, 0.29) is 5.69 Å². The number of benzene rings is 1. The molecule has 0 fully saturated rings. The molecule has 0 aliphatic carbocycles. The number of hydrogen-bond acceptors (Lipinski definition) is 2. The molecule has 0 aliphatic heterocycles. The molecule has 21 heavy (non-hydrogen) atoms. The predicted molar refractivity (Wildman–Crippen MR) is 72.1 cm³/mol. The van der Waals surface area contributed by atoms with Gasteiger partial charge in [0.2, 0.25) is 0 Å². The third-order valence-corrected chi connectivity index (χ3v) is 2.93. The second-order valence-corrected chi connectivity index (χ2v) is 4.48. The second kappa shape index (κ2) is 5.47. The number of rotatable bonds is 2. The van der Waals surface area contributed by atoms with Crippen LogP contribution in [0.2, 0.25) is 0 Å². The Balaban J connectivity index is 2.08. The molecule has 5 nitrogen and oxygen atoms in total. The topological polar surface area (TPSA) is 69.8 Å². The zero-order valence-corrected chi connectivity index (χ0v) is 11.3. The van der Waals surface area contributed by atoms with Gasteiger partial charge in [-0.25, -0.2) is 4.79 Å². The number of anilines is 2. The summed E-state index contributed by atoms with van der Waals surface area (Å²) in [4.78, 5) is 11.7. The number of aromatic nitrogens is 2. The first kappa shape index (κ1) is 14.9. The van der Waals surface area contributed by atoms with E-state index in [0.717, 1.165) is 23.4 Å². The normalized spacial score (nSPS) is 11.3. The van der Waals surface area contributed by atoms with Crippen molar-refractivity contribution in [2.75, 3.05) is 10.6 Å². The minimum absolute atomic E-state index is 0.0484. The van der Waals surface area contributed by atoms with Gasteiger partial charge in [-0.05, 0) is 32.0 Å². The Bertz CT molecular complexity index is 664. The number of alkyl halides is 3. The maximum Gasteiger partial charge on any atom is 0.416 e. The molecule has 0 radical (unpaired) electrons. The van der Waals surface area contributed by atoms with Crippen molar-refractivity contribution in [1.29, 1.82) is 0 Å². The zero-order valence-electron chi connectivity index (χ0n) is 11.3. The second-order valence-electron chi connectivity index (χ2n) is 4.48. The molecule has 0 saturated heterocycles. The molecule has 2 amide bonds. The van der Waals surface area contributed by atoms with Crippen molar-refractivity contribution in [2.24, 2.45) is 0 Å². The summed E-state index contributed by atoms with van der Waals surface area (Å²) in [7, 11) is 0. The van der Waals surface area contributed by atoms with E-state index in [4.69, 9.17) is 0 Å². The average molecular weight is 298 g/mol. The monoisotopic (exact) mass is 298 g/mol. The number of aromatic amines is 1. The van der Waals surface area contributed by atoms with Crippen molar-refractivity contribution in [2.45, 2.75) is 20.0 Å². The van der Waals surface area contributed by atoms with Gasteiger partial charge in [0.15, 0.2) is 5.82 Å². The Labute approximate surface area is 118 Å². The van der Waals surface area contributed by atoms with Gasteiger partial charge < -0.3 is 5.32 Å². The van der Waals surface area contributed by atoms with Crippen LogP contribution >= 0.6 is 0 Å². The van der Waals surface area contributed by atoms with Crippen LogP contribution in [0.3, 0.4) is 0 Å². The van der Waals surface area contributed by atoms with E-state index < -0.39 is 17.8 Å². The van der Waals surface area contributed by atoms with Crippen molar-refractivity contribution >= 4 is 17.5 Å². The van der Waals surface area contributed by atoms with Gasteiger partial charge in [0, 0.05) is 16.9 Å². The van der Waals surface area contributed by atoms with Gasteiger partial charge in [-0.2, -0.15) is 18.3 Å². The van der Waals surface area contributed by atoms with Gasteiger partial charge in [0.05, 0.1) is 5.56 Å². The smallest absolute Gasteiger partial charge is 0.308 e. The number of urea groups is 1. The fraction of sp³-hybridized carbons (Fsp3) is 0.231. The molecule has 0 spiro atoms. The van der Waals surface area contributed by atoms with Gasteiger partial charge in [0.25, 0.3) is 0 Å². The summed E-state index contributed by atoms with van der Waals surface area (Å²) in [5, 5.41) is 11.4. The third kappa shape index (κ3) is 3.53. The van der Waals surface area contributed by atoms with Gasteiger partial charge in [-0.3, -0.25) is 10.4 Å². The van der Waals surface area contributed by atoms with Gasteiger partial charge in [-0.15, -0.1) is 0 Å². The Morgan fingerprint density at radius 2 is 1.95 bits per heavy atom. The standard InChI is InChI=1S/C13H13F3N4O/c1-7-8(2)19-20-11(7)18-12(21)17-10-5-3-4-9(6-10)13(14,15)16/h3-6H,1-2H3,(H3,17,18,19,20,21). The van der Waals surface area contributed by atoms with Crippen molar-refractivity contribution < 1.29 is 18.0 Å². The average Bonchev–Trinajstić information content (AvgIpc) is 2.70. The number of nitrogens with one attached hydrogen (secondary N) is 3. The summed E-state index contributed by atoms with van der Waals surface area (Å²) in [5.74, 6) is 0.331. The lowest BCUT2D eigenvalue weighted by molar-refractivity contribution is -0.137. The molecule has 0 atom stereocenters. The minimum atomic E-state index is -4.45. The quantitative estimate of drug-likeness (QED) is 0.791. The van der Waals surface area contributed by atoms with Gasteiger partial charge in [0.1, 0.15) is 0 Å². The summed E-state index contributed by atoms with van der Waals surface area (Å²) < 4.78 is 37.7. The Morgan fingerprint density at radius 3 is 2.52 bits per heavy atom. The Morgan fingerprint density at radius 1 is 1.24 bits per heavy atom. The van der Waals surface area contributed by atoms with Crippen LogP contribution in [-0.4, -0.2) is 16.2 Å². The minimum Gasteiger partial charge on any atom is -0.308 e. The van der Waals surface area contributed by atoms with Gasteiger partial charge >= 0.3 is 12.2 Å². The zero-order chi connectivity index (χ0) is 15.6. The molecule has 0 aliphatic rings. The number of halogens is 3. The largest absolute Gasteiger partial charge is 0.416 e. The number of H-pyrrole nitrogens is 1. The van der Waals surface area contributed by atoms with E-state index in [1.165, 1.54) is 12.1 Å². The lowest BCUT2D eigenvalue weighted by atomic mass is 10.2. The number of nitrogens with zero attached hydrogens (tertiary/aromatic N) is 1. The summed E-state index contributed by atoms with van der Waals surface area (Å²) in [6.07, 6.45) is -4.45. The number of carbonyl (C=O) groups excluding carboxylic acids is 1. The highest BCUT2D eigenvalue weighted by Gasteiger charge is 2.30. The molecule has 1 aromatic heterocycles. The first-order valence-electron chi connectivity index (χ1n) is 6.04. The fourth-order valence-electron chi connectivity index (χ4n) is 1.65. The van der Waals surface area contributed by atoms with E-state index in [1.807, 2.05) is 0 Å². The van der Waals surface area contributed by atoms with E-state index in [2.05, 4.69) is 20.8 Å². The summed E-state index contributed by atoms with van der Waals surface area (Å²) in [5.41, 5.74) is 0.776. The van der Waals surface area contributed by atoms with Crippen LogP contribution in [0.5, 0.6) is 0 Å². The summed E-state index contributed by atoms with van der Waals surface area (Å²) in [6, 6.07) is 3.73. The molecule has 8 heteroatoms. The van der Waals surface area contributed by atoms with E-state index in [0.29, 0.717) is 5.82 Å². The maximum absolute atomic E-state index is 12.6. The third-order valence-electron chi connectivity index (χ3n) is 2.93. The van der Waals surface area contributed by atoms with Crippen LogP contribution in [0, 0.1) is 13.8 Å². The van der Waals surface area contributed by atoms with Crippen molar-refractivity contribution in [3.63, 3.8) is 0 Å². The van der Waals surface area contributed by atoms with Crippen molar-refractivity contribution in [3.05, 3.63) is 41.1 Å². The molecule has 2 rings (SSSR count). The van der Waals surface area contributed by atoms with Gasteiger partial charge in [-0.1, -0.05) is 6.07 Å². The molecular formula is C13H13F3N4O. The van der Waals surface area contributed by atoms with E-state index in [9.17, 15) is 18.0 Å². The molecule has 0 bridgehead atoms. The number of hydrogen-bond donors (Lipinski definition) is 3. The molecular weight excluding hydrogens is 285 g/mol. The van der Waals surface area contributed by atoms with Crippen LogP contribution in [0.15, 0.2) is 24.3 Å². The van der Waals surface area contributed by atoms with Crippen LogP contribution in [-0.2, 0) is 6.18 Å². The fourth-order valence-corrected chi connectivity index (χ4v) is 1.65. The SMILES string of the molecule is Cc1[nH]nc(NC(=O)Nc2cccc(C(F)(F)F)c2)c1C. The molecule has 2 aromatic rings. The van der Waals surface area contributed by atoms with Crippen molar-refractivity contribution in [3.8, 4) is 0 Å². The molecule has 0 saturated carbocycles. The number of aryl methyl sites for hydroxylation is 1.